The Kier molecular flexibility index (Phi) is 4.68. The Morgan fingerprint density at radius 1 is 1.19 bits per heavy atom. The third kappa shape index (κ3) is 3.93. The van der Waals surface area contributed by atoms with Gasteiger partial charge in [0.15, 0.2) is 0 Å². The van der Waals surface area contributed by atoms with E-state index in [0.717, 1.165) is 30.4 Å². The molecule has 21 heavy (non-hydrogen) atoms. The molecule has 1 aromatic heterocycles. The van der Waals surface area contributed by atoms with E-state index in [1.165, 1.54) is 32.1 Å². The lowest BCUT2D eigenvalue weighted by molar-refractivity contribution is 0.144. The first-order valence-corrected chi connectivity index (χ1v) is 8.12. The lowest BCUT2D eigenvalue weighted by atomic mass is 9.69. The summed E-state index contributed by atoms with van der Waals surface area (Å²) in [5.74, 6) is 1.75. The van der Waals surface area contributed by atoms with Crippen molar-refractivity contribution in [1.29, 1.82) is 0 Å². The number of hydrogen-bond donors (Lipinski definition) is 2. The van der Waals surface area contributed by atoms with Crippen molar-refractivity contribution in [2.24, 2.45) is 11.8 Å². The fourth-order valence-electron chi connectivity index (χ4n) is 3.84. The first kappa shape index (κ1) is 14.3. The van der Waals surface area contributed by atoms with Gasteiger partial charge in [0, 0.05) is 12.2 Å². The van der Waals surface area contributed by atoms with Crippen LogP contribution in [0, 0.1) is 11.8 Å². The minimum Gasteiger partial charge on any atom is -0.335 e. The summed E-state index contributed by atoms with van der Waals surface area (Å²) in [5.41, 5.74) is 0.781. The average molecular weight is 288 g/mol. The minimum absolute atomic E-state index is 0.0834. The SMILES string of the molecule is O=C(NCc1cccnn1)NC1CCC2CCCCC2C1. The molecule has 114 valence electrons. The molecule has 2 saturated carbocycles. The smallest absolute Gasteiger partial charge is 0.315 e. The van der Waals surface area contributed by atoms with E-state index in [4.69, 9.17) is 0 Å². The van der Waals surface area contributed by atoms with Crippen molar-refractivity contribution in [2.45, 2.75) is 57.5 Å². The summed E-state index contributed by atoms with van der Waals surface area (Å²) in [6.45, 7) is 0.429. The predicted molar refractivity (Wildman–Crippen MR) is 80.5 cm³/mol. The van der Waals surface area contributed by atoms with Crippen LogP contribution in [0.4, 0.5) is 4.79 Å². The Balaban J connectivity index is 1.42. The van der Waals surface area contributed by atoms with E-state index < -0.39 is 0 Å². The lowest BCUT2D eigenvalue weighted by Crippen LogP contribution is -2.45. The topological polar surface area (TPSA) is 66.9 Å². The molecule has 2 N–H and O–H groups in total. The Bertz CT molecular complexity index is 465. The molecule has 2 aliphatic rings. The van der Waals surface area contributed by atoms with Crippen molar-refractivity contribution in [3.05, 3.63) is 24.0 Å². The second kappa shape index (κ2) is 6.87. The Hall–Kier alpha value is -1.65. The number of rotatable bonds is 3. The second-order valence-corrected chi connectivity index (χ2v) is 6.36. The lowest BCUT2D eigenvalue weighted by Gasteiger charge is -2.39. The molecule has 2 aliphatic carbocycles. The van der Waals surface area contributed by atoms with Gasteiger partial charge in [-0.3, -0.25) is 0 Å². The van der Waals surface area contributed by atoms with E-state index in [9.17, 15) is 4.79 Å². The zero-order chi connectivity index (χ0) is 14.5. The van der Waals surface area contributed by atoms with Crippen LogP contribution in [0.1, 0.15) is 50.6 Å². The van der Waals surface area contributed by atoms with Gasteiger partial charge >= 0.3 is 6.03 Å². The zero-order valence-corrected chi connectivity index (χ0v) is 12.4. The van der Waals surface area contributed by atoms with Gasteiger partial charge in [-0.15, -0.1) is 0 Å². The molecular formula is C16H24N4O. The van der Waals surface area contributed by atoms with Gasteiger partial charge in [0.2, 0.25) is 0 Å². The number of nitrogens with one attached hydrogen (secondary N) is 2. The molecule has 1 aromatic rings. The molecule has 0 spiro atoms. The summed E-state index contributed by atoms with van der Waals surface area (Å²) < 4.78 is 0. The quantitative estimate of drug-likeness (QED) is 0.898. The summed E-state index contributed by atoms with van der Waals surface area (Å²) in [6.07, 6.45) is 10.7. The van der Waals surface area contributed by atoms with Crippen molar-refractivity contribution in [1.82, 2.24) is 20.8 Å². The largest absolute Gasteiger partial charge is 0.335 e. The molecule has 5 nitrogen and oxygen atoms in total. The molecule has 3 unspecified atom stereocenters. The Labute approximate surface area is 125 Å². The van der Waals surface area contributed by atoms with Crippen LogP contribution in [0.25, 0.3) is 0 Å². The number of fused-ring (bicyclic) bond motifs is 1. The van der Waals surface area contributed by atoms with Crippen LogP contribution < -0.4 is 10.6 Å². The van der Waals surface area contributed by atoms with E-state index in [2.05, 4.69) is 20.8 Å². The Morgan fingerprint density at radius 2 is 2.05 bits per heavy atom. The maximum absolute atomic E-state index is 12.0. The van der Waals surface area contributed by atoms with Crippen LogP contribution in [-0.2, 0) is 6.54 Å². The minimum atomic E-state index is -0.0834. The summed E-state index contributed by atoms with van der Waals surface area (Å²) in [6, 6.07) is 3.94. The van der Waals surface area contributed by atoms with Gasteiger partial charge in [-0.2, -0.15) is 10.2 Å². The number of nitrogens with zero attached hydrogens (tertiary/aromatic N) is 2. The van der Waals surface area contributed by atoms with Crippen molar-refractivity contribution < 1.29 is 4.79 Å². The maximum Gasteiger partial charge on any atom is 0.315 e. The standard InChI is InChI=1S/C16H24N4O/c21-16(17-11-15-6-3-9-18-20-15)19-14-8-7-12-4-1-2-5-13(12)10-14/h3,6,9,12-14H,1-2,4-5,7-8,10-11H2,(H2,17,19,21). The van der Waals surface area contributed by atoms with Crippen molar-refractivity contribution in [2.75, 3.05) is 0 Å². The number of carbonyl (C=O) groups excluding carboxylic acids is 1. The monoisotopic (exact) mass is 288 g/mol. The molecule has 1 heterocycles. The molecule has 2 amide bonds. The third-order valence-electron chi connectivity index (χ3n) is 4.93. The number of amides is 2. The van der Waals surface area contributed by atoms with Crippen molar-refractivity contribution >= 4 is 6.03 Å². The highest BCUT2D eigenvalue weighted by Gasteiger charge is 2.32. The van der Waals surface area contributed by atoms with Gasteiger partial charge in [0.1, 0.15) is 0 Å². The van der Waals surface area contributed by atoms with E-state index >= 15 is 0 Å². The fraction of sp³-hybridized carbons (Fsp3) is 0.688. The van der Waals surface area contributed by atoms with Crippen LogP contribution in [-0.4, -0.2) is 22.3 Å². The van der Waals surface area contributed by atoms with Crippen LogP contribution in [0.2, 0.25) is 0 Å². The first-order valence-electron chi connectivity index (χ1n) is 8.12. The van der Waals surface area contributed by atoms with E-state index in [1.807, 2.05) is 12.1 Å². The molecular weight excluding hydrogens is 264 g/mol. The Morgan fingerprint density at radius 3 is 2.86 bits per heavy atom. The van der Waals surface area contributed by atoms with Crippen LogP contribution in [0.3, 0.4) is 0 Å². The molecule has 5 heteroatoms. The van der Waals surface area contributed by atoms with E-state index in [-0.39, 0.29) is 6.03 Å². The number of aromatic nitrogens is 2. The first-order chi connectivity index (χ1) is 10.3. The molecule has 0 radical (unpaired) electrons. The van der Waals surface area contributed by atoms with Gasteiger partial charge in [-0.05, 0) is 43.2 Å². The van der Waals surface area contributed by atoms with Gasteiger partial charge in [0.25, 0.3) is 0 Å². The van der Waals surface area contributed by atoms with Crippen molar-refractivity contribution in [3.8, 4) is 0 Å². The summed E-state index contributed by atoms with van der Waals surface area (Å²) >= 11 is 0. The van der Waals surface area contributed by atoms with Gasteiger partial charge in [-0.1, -0.05) is 25.7 Å². The third-order valence-corrected chi connectivity index (χ3v) is 4.93. The summed E-state index contributed by atoms with van der Waals surface area (Å²) in [4.78, 5) is 12.0. The van der Waals surface area contributed by atoms with Gasteiger partial charge in [-0.25, -0.2) is 4.79 Å². The van der Waals surface area contributed by atoms with Crippen LogP contribution >= 0.6 is 0 Å². The van der Waals surface area contributed by atoms with Crippen LogP contribution in [0.15, 0.2) is 18.3 Å². The van der Waals surface area contributed by atoms with Gasteiger partial charge in [0.05, 0.1) is 12.2 Å². The zero-order valence-electron chi connectivity index (χ0n) is 12.4. The summed E-state index contributed by atoms with van der Waals surface area (Å²) in [7, 11) is 0. The maximum atomic E-state index is 12.0. The molecule has 0 aromatic carbocycles. The predicted octanol–water partition coefficient (Wildman–Crippen LogP) is 2.63. The van der Waals surface area contributed by atoms with Crippen LogP contribution in [0.5, 0.6) is 0 Å². The highest BCUT2D eigenvalue weighted by molar-refractivity contribution is 5.74. The number of urea groups is 1. The normalized spacial score (nSPS) is 28.5. The molecule has 3 rings (SSSR count). The molecule has 0 bridgehead atoms. The van der Waals surface area contributed by atoms with Gasteiger partial charge < -0.3 is 10.6 Å². The molecule has 0 aliphatic heterocycles. The molecule has 3 atom stereocenters. The van der Waals surface area contributed by atoms with Crippen molar-refractivity contribution in [3.63, 3.8) is 0 Å². The molecule has 2 fully saturated rings. The fourth-order valence-corrected chi connectivity index (χ4v) is 3.84. The average Bonchev–Trinajstić information content (AvgIpc) is 2.54. The second-order valence-electron chi connectivity index (χ2n) is 6.36. The highest BCUT2D eigenvalue weighted by Crippen LogP contribution is 2.40. The van der Waals surface area contributed by atoms with E-state index in [1.54, 1.807) is 6.20 Å². The van der Waals surface area contributed by atoms with E-state index in [0.29, 0.717) is 12.6 Å². The summed E-state index contributed by atoms with van der Waals surface area (Å²) in [5, 5.41) is 13.8. The number of hydrogen-bond acceptors (Lipinski definition) is 3. The highest BCUT2D eigenvalue weighted by atomic mass is 16.2. The molecule has 0 saturated heterocycles. The number of carbonyl (C=O) groups is 1.